The van der Waals surface area contributed by atoms with E-state index in [9.17, 15) is 20.4 Å². The average Bonchev–Trinajstić information content (AvgIpc) is 3.85. The predicted octanol–water partition coefficient (Wildman–Crippen LogP) is 6.72. The SMILES string of the molecule is CCCCCCCCCCCc1n(CCCNCC(O)CCl)cc[n+]1CC(O)CCl.CCCCCCCCCCCc1n(CCCNCC(O)CCl)cc[n+]1CC(O)CCl.O=S(=O)([O-])[O-]. The van der Waals surface area contributed by atoms with Gasteiger partial charge in [-0.05, 0) is 38.8 Å². The van der Waals surface area contributed by atoms with Crippen molar-refractivity contribution in [3.8, 4) is 0 Å². The largest absolute Gasteiger partial charge is 0.759 e. The fourth-order valence-electron chi connectivity index (χ4n) is 7.44. The molecule has 0 spiro atoms. The number of unbranched alkanes of at least 4 members (excludes halogenated alkanes) is 16. The molecule has 2 aromatic heterocycles. The maximum absolute atomic E-state index is 9.99. The summed E-state index contributed by atoms with van der Waals surface area (Å²) in [6, 6.07) is 0. The second-order valence-electron chi connectivity index (χ2n) is 17.0. The molecule has 0 radical (unpaired) electrons. The third-order valence-corrected chi connectivity index (χ3v) is 12.4. The summed E-state index contributed by atoms with van der Waals surface area (Å²) in [5.74, 6) is 3.56. The summed E-state index contributed by atoms with van der Waals surface area (Å²) in [7, 11) is -5.17. The fraction of sp³-hybridized carbons (Fsp3) is 0.870. The first kappa shape index (κ1) is 64.2. The van der Waals surface area contributed by atoms with E-state index < -0.39 is 34.8 Å². The van der Waals surface area contributed by atoms with Gasteiger partial charge >= 0.3 is 0 Å². The molecular weight excluding hydrogens is 938 g/mol. The quantitative estimate of drug-likeness (QED) is 0.0137. The molecule has 0 fully saturated rings. The summed E-state index contributed by atoms with van der Waals surface area (Å²) in [6.07, 6.45) is 34.1. The first-order valence-electron chi connectivity index (χ1n) is 24.4. The molecule has 0 saturated carbocycles. The molecule has 0 bridgehead atoms. The van der Waals surface area contributed by atoms with Gasteiger partial charge in [0.2, 0.25) is 0 Å². The monoisotopic (exact) mass is 1020 g/mol. The number of aliphatic hydroxyl groups is 4. The van der Waals surface area contributed by atoms with Crippen LogP contribution in [0.1, 0.15) is 154 Å². The van der Waals surface area contributed by atoms with Gasteiger partial charge in [-0.1, -0.05) is 117 Å². The molecule has 14 nitrogen and oxygen atoms in total. The molecule has 384 valence electrons. The number of halogens is 4. The lowest BCUT2D eigenvalue weighted by Crippen LogP contribution is -2.43. The molecule has 0 saturated heterocycles. The molecule has 4 unspecified atom stereocenters. The van der Waals surface area contributed by atoms with Gasteiger partial charge in [0.25, 0.3) is 11.6 Å². The second kappa shape index (κ2) is 43.2. The molecule has 2 aromatic rings. The molecule has 19 heteroatoms. The summed E-state index contributed by atoms with van der Waals surface area (Å²) in [5.41, 5.74) is 0. The van der Waals surface area contributed by atoms with Gasteiger partial charge in [0.15, 0.2) is 0 Å². The minimum atomic E-state index is -5.17. The van der Waals surface area contributed by atoms with Crippen LogP contribution in [0.5, 0.6) is 0 Å². The number of nitrogens with zero attached hydrogens (tertiary/aromatic N) is 4. The van der Waals surface area contributed by atoms with Crippen molar-refractivity contribution in [2.75, 3.05) is 49.7 Å². The molecule has 0 aliphatic carbocycles. The van der Waals surface area contributed by atoms with Gasteiger partial charge in [-0.15, -0.1) is 46.4 Å². The predicted molar refractivity (Wildman–Crippen MR) is 263 cm³/mol. The standard InChI is InChI=1S/2C23H44Cl2N3O2.H2O4S/c2*1-2-3-4-5-6-7-8-9-10-12-23-27(14-11-13-26-19-21(29)17-24)15-16-28(23)20-22(30)18-25;1-5(2,3)4/h2*15-16,21-22,26,29-30H,2-14,17-20H2,1H3;(H2,1,2,3,4)/q2*+1;/p-2. The topological polar surface area (TPSA) is 203 Å². The highest BCUT2D eigenvalue weighted by molar-refractivity contribution is 7.79. The molecule has 0 aliphatic heterocycles. The lowest BCUT2D eigenvalue weighted by Gasteiger charge is -2.10. The van der Waals surface area contributed by atoms with Gasteiger partial charge in [0.05, 0.1) is 37.1 Å². The van der Waals surface area contributed by atoms with Crippen LogP contribution in [0.25, 0.3) is 0 Å². The van der Waals surface area contributed by atoms with Crippen LogP contribution in [-0.2, 0) is 49.4 Å². The number of hydrogen-bond acceptors (Lipinski definition) is 10. The summed E-state index contributed by atoms with van der Waals surface area (Å²) in [5, 5.41) is 45.5. The Bertz CT molecular complexity index is 1380. The van der Waals surface area contributed by atoms with Gasteiger partial charge in [-0.3, -0.25) is 8.42 Å². The molecule has 0 aromatic carbocycles. The Labute approximate surface area is 413 Å². The molecule has 2 heterocycles. The van der Waals surface area contributed by atoms with Gasteiger partial charge in [-0.25, -0.2) is 18.3 Å². The maximum atomic E-state index is 9.99. The Morgan fingerprint density at radius 1 is 0.523 bits per heavy atom. The van der Waals surface area contributed by atoms with Crippen molar-refractivity contribution >= 4 is 56.8 Å². The number of alkyl halides is 4. The lowest BCUT2D eigenvalue weighted by atomic mass is 10.1. The summed E-state index contributed by atoms with van der Waals surface area (Å²) in [4.78, 5) is 0. The highest BCUT2D eigenvalue weighted by atomic mass is 35.5. The van der Waals surface area contributed by atoms with Gasteiger partial charge in [-0.2, -0.15) is 0 Å². The number of imidazole rings is 2. The van der Waals surface area contributed by atoms with Gasteiger partial charge in [0.1, 0.15) is 50.1 Å². The Morgan fingerprint density at radius 3 is 1.11 bits per heavy atom. The van der Waals surface area contributed by atoms with E-state index in [1.165, 1.54) is 127 Å². The minimum Gasteiger partial charge on any atom is -0.759 e. The van der Waals surface area contributed by atoms with Crippen molar-refractivity contribution < 1.29 is 47.1 Å². The van der Waals surface area contributed by atoms with Crippen molar-refractivity contribution in [1.82, 2.24) is 19.8 Å². The van der Waals surface area contributed by atoms with Crippen LogP contribution in [-0.4, -0.2) is 121 Å². The Balaban J connectivity index is 0.00000114. The van der Waals surface area contributed by atoms with E-state index in [0.29, 0.717) is 26.2 Å². The van der Waals surface area contributed by atoms with Crippen LogP contribution in [0.15, 0.2) is 24.8 Å². The number of nitrogens with one attached hydrogen (secondary N) is 2. The van der Waals surface area contributed by atoms with E-state index in [2.05, 4.69) is 67.5 Å². The van der Waals surface area contributed by atoms with Crippen LogP contribution in [0, 0.1) is 0 Å². The van der Waals surface area contributed by atoms with E-state index >= 15 is 0 Å². The maximum Gasteiger partial charge on any atom is 0.256 e. The molecule has 4 atom stereocenters. The zero-order valence-electron chi connectivity index (χ0n) is 39.8. The minimum absolute atomic E-state index is 0.252. The molecule has 0 amide bonds. The zero-order chi connectivity index (χ0) is 48.6. The smallest absolute Gasteiger partial charge is 0.256 e. The number of aliphatic hydroxyl groups excluding tert-OH is 4. The van der Waals surface area contributed by atoms with Crippen molar-refractivity contribution in [2.24, 2.45) is 0 Å². The number of rotatable bonds is 40. The number of hydrogen-bond donors (Lipinski definition) is 6. The zero-order valence-corrected chi connectivity index (χ0v) is 43.6. The van der Waals surface area contributed by atoms with Crippen molar-refractivity contribution in [1.29, 1.82) is 0 Å². The van der Waals surface area contributed by atoms with E-state index in [1.807, 2.05) is 0 Å². The van der Waals surface area contributed by atoms with E-state index in [1.54, 1.807) is 0 Å². The third kappa shape index (κ3) is 37.7. The van der Waals surface area contributed by atoms with E-state index in [-0.39, 0.29) is 23.5 Å². The van der Waals surface area contributed by atoms with Crippen LogP contribution < -0.4 is 19.8 Å². The third-order valence-electron chi connectivity index (χ3n) is 11.0. The van der Waals surface area contributed by atoms with Crippen LogP contribution in [0.4, 0.5) is 0 Å². The summed E-state index contributed by atoms with van der Waals surface area (Å²) < 4.78 is 43.0. The Morgan fingerprint density at radius 2 is 0.815 bits per heavy atom. The van der Waals surface area contributed by atoms with Gasteiger partial charge in [0, 0.05) is 48.1 Å². The summed E-state index contributed by atoms with van der Waals surface area (Å²) in [6.45, 7) is 10.2. The molecular formula is C46H88Cl4N6O8S. The summed E-state index contributed by atoms with van der Waals surface area (Å²) >= 11 is 22.9. The second-order valence-corrected chi connectivity index (χ2v) is 19.1. The number of aryl methyl sites for hydroxylation is 2. The normalized spacial score (nSPS) is 13.5. The Hall–Kier alpha value is -0.790. The highest BCUT2D eigenvalue weighted by Crippen LogP contribution is 2.13. The molecule has 6 N–H and O–H groups in total. The lowest BCUT2D eigenvalue weighted by molar-refractivity contribution is -0.709. The van der Waals surface area contributed by atoms with Crippen molar-refractivity contribution in [3.05, 3.63) is 36.4 Å². The first-order chi connectivity index (χ1) is 31.2. The van der Waals surface area contributed by atoms with Crippen molar-refractivity contribution in [3.63, 3.8) is 0 Å². The van der Waals surface area contributed by atoms with Gasteiger partial charge < -0.3 is 40.2 Å². The highest BCUT2D eigenvalue weighted by Gasteiger charge is 2.20. The Kier molecular flexibility index (Phi) is 42.7. The van der Waals surface area contributed by atoms with Crippen LogP contribution in [0.3, 0.4) is 0 Å². The first-order valence-corrected chi connectivity index (χ1v) is 27.9. The van der Waals surface area contributed by atoms with Crippen LogP contribution in [0.2, 0.25) is 0 Å². The van der Waals surface area contributed by atoms with E-state index in [0.717, 1.165) is 51.9 Å². The molecule has 0 aliphatic rings. The molecule has 2 rings (SSSR count). The number of aromatic nitrogens is 4. The fourth-order valence-corrected chi connectivity index (χ4v) is 7.86. The van der Waals surface area contributed by atoms with Crippen molar-refractivity contribution in [2.45, 2.75) is 206 Å². The average molecular weight is 1030 g/mol. The molecule has 65 heavy (non-hydrogen) atoms. The van der Waals surface area contributed by atoms with E-state index in [4.69, 9.17) is 63.9 Å². The van der Waals surface area contributed by atoms with Crippen LogP contribution >= 0.6 is 46.4 Å².